The van der Waals surface area contributed by atoms with Gasteiger partial charge >= 0.3 is 0 Å². The summed E-state index contributed by atoms with van der Waals surface area (Å²) in [6.45, 7) is 7.98. The molecule has 24 heavy (non-hydrogen) atoms. The van der Waals surface area contributed by atoms with E-state index < -0.39 is 10.0 Å². The topological polar surface area (TPSA) is 69.3 Å². The van der Waals surface area contributed by atoms with Crippen molar-refractivity contribution in [2.45, 2.75) is 32.1 Å². The molecule has 6 nitrogen and oxygen atoms in total. The smallest absolute Gasteiger partial charge is 0.246 e. The van der Waals surface area contributed by atoms with E-state index in [1.165, 1.54) is 5.56 Å². The number of benzene rings is 1. The van der Waals surface area contributed by atoms with Gasteiger partial charge in [-0.3, -0.25) is 5.10 Å². The van der Waals surface area contributed by atoms with E-state index in [0.717, 1.165) is 12.1 Å². The van der Waals surface area contributed by atoms with Gasteiger partial charge in [0.1, 0.15) is 4.90 Å². The second-order valence-corrected chi connectivity index (χ2v) is 8.05. The highest BCUT2D eigenvalue weighted by molar-refractivity contribution is 7.89. The first-order valence-electron chi connectivity index (χ1n) is 8.29. The predicted octanol–water partition coefficient (Wildman–Crippen LogP) is 2.10. The molecular weight excluding hydrogens is 324 g/mol. The first-order chi connectivity index (χ1) is 11.4. The zero-order chi connectivity index (χ0) is 17.3. The number of hydrogen-bond donors (Lipinski definition) is 1. The average Bonchev–Trinajstić information content (AvgIpc) is 2.94. The number of aromatic nitrogens is 2. The first-order valence-corrected chi connectivity index (χ1v) is 9.73. The molecule has 1 aromatic carbocycles. The normalized spacial score (nSPS) is 16.5. The Morgan fingerprint density at radius 1 is 1.08 bits per heavy atom. The second kappa shape index (κ2) is 6.57. The molecule has 0 saturated carbocycles. The Morgan fingerprint density at radius 3 is 2.21 bits per heavy atom. The fraction of sp³-hybridized carbons (Fsp3) is 0.471. The maximum atomic E-state index is 12.9. The van der Waals surface area contributed by atoms with Crippen molar-refractivity contribution in [2.75, 3.05) is 31.1 Å². The summed E-state index contributed by atoms with van der Waals surface area (Å²) in [7, 11) is -3.48. The highest BCUT2D eigenvalue weighted by Crippen LogP contribution is 2.24. The third-order valence-electron chi connectivity index (χ3n) is 4.61. The van der Waals surface area contributed by atoms with E-state index in [2.05, 4.69) is 46.3 Å². The van der Waals surface area contributed by atoms with Gasteiger partial charge in [-0.1, -0.05) is 19.1 Å². The van der Waals surface area contributed by atoms with Crippen LogP contribution in [0.15, 0.2) is 29.2 Å². The number of H-pyrrole nitrogens is 1. The summed E-state index contributed by atoms with van der Waals surface area (Å²) in [5.41, 5.74) is 3.60. The lowest BCUT2D eigenvalue weighted by atomic mass is 10.1. The molecule has 0 aliphatic carbocycles. The molecule has 1 saturated heterocycles. The third kappa shape index (κ3) is 3.06. The number of aromatic amines is 1. The van der Waals surface area contributed by atoms with Gasteiger partial charge in [-0.2, -0.15) is 9.40 Å². The number of sulfonamides is 1. The van der Waals surface area contributed by atoms with Gasteiger partial charge in [0.2, 0.25) is 10.0 Å². The van der Waals surface area contributed by atoms with Crippen molar-refractivity contribution >= 4 is 15.7 Å². The highest BCUT2D eigenvalue weighted by atomic mass is 32.2. The van der Waals surface area contributed by atoms with E-state index in [-0.39, 0.29) is 0 Å². The number of rotatable bonds is 4. The Hall–Kier alpha value is -1.86. The summed E-state index contributed by atoms with van der Waals surface area (Å²) in [6, 6.07) is 8.51. The molecule has 0 atom stereocenters. The lowest BCUT2D eigenvalue weighted by Crippen LogP contribution is -2.48. The monoisotopic (exact) mass is 348 g/mol. The lowest BCUT2D eigenvalue weighted by molar-refractivity contribution is 0.384. The van der Waals surface area contributed by atoms with Crippen LogP contribution in [0.25, 0.3) is 0 Å². The molecule has 2 aromatic rings. The molecule has 0 amide bonds. The zero-order valence-corrected chi connectivity index (χ0v) is 15.2. The van der Waals surface area contributed by atoms with Crippen LogP contribution >= 0.6 is 0 Å². The van der Waals surface area contributed by atoms with E-state index in [1.807, 2.05) is 0 Å². The summed E-state index contributed by atoms with van der Waals surface area (Å²) in [5.74, 6) is 0. The minimum Gasteiger partial charge on any atom is -0.369 e. The van der Waals surface area contributed by atoms with Crippen LogP contribution in [0.2, 0.25) is 0 Å². The van der Waals surface area contributed by atoms with E-state index in [1.54, 1.807) is 18.2 Å². The Balaban J connectivity index is 1.72. The van der Waals surface area contributed by atoms with Crippen molar-refractivity contribution in [1.82, 2.24) is 14.5 Å². The maximum absolute atomic E-state index is 12.9. The molecule has 3 rings (SSSR count). The SMILES string of the molecule is CCc1ccc(N2CCN(S(=O)(=O)c3c(C)n[nH]c3C)CC2)cc1. The van der Waals surface area contributed by atoms with Gasteiger partial charge in [0.15, 0.2) is 0 Å². The molecule has 1 aliphatic heterocycles. The first kappa shape index (κ1) is 17.0. The van der Waals surface area contributed by atoms with Crippen LogP contribution < -0.4 is 4.90 Å². The van der Waals surface area contributed by atoms with Gasteiger partial charge in [0.05, 0.1) is 11.4 Å². The largest absolute Gasteiger partial charge is 0.369 e. The van der Waals surface area contributed by atoms with Gasteiger partial charge in [-0.05, 0) is 38.0 Å². The van der Waals surface area contributed by atoms with Gasteiger partial charge in [-0.15, -0.1) is 0 Å². The molecule has 0 bridgehead atoms. The van der Waals surface area contributed by atoms with Crippen LogP contribution in [0.5, 0.6) is 0 Å². The number of anilines is 1. The molecule has 0 spiro atoms. The van der Waals surface area contributed by atoms with E-state index in [9.17, 15) is 8.42 Å². The van der Waals surface area contributed by atoms with Crippen molar-refractivity contribution in [3.05, 3.63) is 41.2 Å². The van der Waals surface area contributed by atoms with Crippen molar-refractivity contribution in [1.29, 1.82) is 0 Å². The molecule has 1 fully saturated rings. The Kier molecular flexibility index (Phi) is 4.64. The summed E-state index contributed by atoms with van der Waals surface area (Å²) in [6.07, 6.45) is 1.02. The molecular formula is C17H24N4O2S. The number of hydrogen-bond acceptors (Lipinski definition) is 4. The Labute approximate surface area is 143 Å². The third-order valence-corrected chi connectivity index (χ3v) is 6.77. The Morgan fingerprint density at radius 2 is 1.71 bits per heavy atom. The molecule has 1 N–H and O–H groups in total. The van der Waals surface area contributed by atoms with Gasteiger partial charge in [0.25, 0.3) is 0 Å². The minimum absolute atomic E-state index is 0.322. The van der Waals surface area contributed by atoms with Crippen molar-refractivity contribution in [3.63, 3.8) is 0 Å². The molecule has 1 aliphatic rings. The zero-order valence-electron chi connectivity index (χ0n) is 14.4. The van der Waals surface area contributed by atoms with Crippen molar-refractivity contribution in [2.24, 2.45) is 0 Å². The fourth-order valence-corrected chi connectivity index (χ4v) is 4.93. The van der Waals surface area contributed by atoms with Crippen LogP contribution in [0.4, 0.5) is 5.69 Å². The van der Waals surface area contributed by atoms with E-state index in [4.69, 9.17) is 0 Å². The molecule has 7 heteroatoms. The van der Waals surface area contributed by atoms with Gasteiger partial charge in [-0.25, -0.2) is 8.42 Å². The number of piperazine rings is 1. The van der Waals surface area contributed by atoms with Crippen LogP contribution in [0.3, 0.4) is 0 Å². The van der Waals surface area contributed by atoms with Gasteiger partial charge < -0.3 is 4.90 Å². The summed E-state index contributed by atoms with van der Waals surface area (Å²) >= 11 is 0. The lowest BCUT2D eigenvalue weighted by Gasteiger charge is -2.35. The van der Waals surface area contributed by atoms with E-state index >= 15 is 0 Å². The molecule has 1 aromatic heterocycles. The number of nitrogens with zero attached hydrogens (tertiary/aromatic N) is 3. The predicted molar refractivity (Wildman–Crippen MR) is 94.9 cm³/mol. The molecule has 2 heterocycles. The van der Waals surface area contributed by atoms with Crippen molar-refractivity contribution < 1.29 is 8.42 Å². The average molecular weight is 348 g/mol. The number of nitrogens with one attached hydrogen (secondary N) is 1. The van der Waals surface area contributed by atoms with E-state index in [0.29, 0.717) is 42.5 Å². The van der Waals surface area contributed by atoms with Gasteiger partial charge in [0, 0.05) is 31.9 Å². The van der Waals surface area contributed by atoms with Crippen molar-refractivity contribution in [3.8, 4) is 0 Å². The van der Waals surface area contributed by atoms with Crippen LogP contribution in [-0.2, 0) is 16.4 Å². The van der Waals surface area contributed by atoms with Crippen LogP contribution in [0, 0.1) is 13.8 Å². The summed E-state index contributed by atoms with van der Waals surface area (Å²) in [5, 5.41) is 6.78. The second-order valence-electron chi connectivity index (χ2n) is 6.17. The molecule has 0 radical (unpaired) electrons. The maximum Gasteiger partial charge on any atom is 0.246 e. The standard InChI is InChI=1S/C17H24N4O2S/c1-4-15-5-7-16(8-6-15)20-9-11-21(12-10-20)24(22,23)17-13(2)18-19-14(17)3/h5-8H,4,9-12H2,1-3H3,(H,18,19). The minimum atomic E-state index is -3.48. The summed E-state index contributed by atoms with van der Waals surface area (Å²) in [4.78, 5) is 2.56. The summed E-state index contributed by atoms with van der Waals surface area (Å²) < 4.78 is 27.3. The Bertz CT molecular complexity index is 784. The fourth-order valence-electron chi connectivity index (χ4n) is 3.18. The number of aryl methyl sites for hydroxylation is 3. The molecule has 0 unspecified atom stereocenters. The quantitative estimate of drug-likeness (QED) is 0.919. The van der Waals surface area contributed by atoms with Crippen LogP contribution in [-0.4, -0.2) is 49.1 Å². The molecule has 130 valence electrons. The highest BCUT2D eigenvalue weighted by Gasteiger charge is 2.32. The van der Waals surface area contributed by atoms with Crippen LogP contribution in [0.1, 0.15) is 23.9 Å².